The molecule has 3 amide bonds. The van der Waals surface area contributed by atoms with E-state index < -0.39 is 6.04 Å². The summed E-state index contributed by atoms with van der Waals surface area (Å²) in [6.07, 6.45) is 3.81. The molecule has 2 fully saturated rings. The second-order valence-corrected chi connectivity index (χ2v) is 11.3. The zero-order valence-electron chi connectivity index (χ0n) is 21.0. The Bertz CT molecular complexity index is 829. The highest BCUT2D eigenvalue weighted by molar-refractivity contribution is 5.88. The van der Waals surface area contributed by atoms with Gasteiger partial charge in [-0.1, -0.05) is 58.0 Å². The highest BCUT2D eigenvalue weighted by Gasteiger charge is 2.39. The van der Waals surface area contributed by atoms with Crippen molar-refractivity contribution < 1.29 is 14.4 Å². The molecule has 1 saturated carbocycles. The molecule has 1 aliphatic carbocycles. The van der Waals surface area contributed by atoms with E-state index in [0.717, 1.165) is 24.8 Å². The number of hydrogen-bond donors (Lipinski definition) is 1. The number of amides is 3. The number of hydrogen-bond acceptors (Lipinski definition) is 3. The van der Waals surface area contributed by atoms with E-state index >= 15 is 0 Å². The topological polar surface area (TPSA) is 69.7 Å². The maximum Gasteiger partial charge on any atom is 0.245 e. The Labute approximate surface area is 199 Å². The summed E-state index contributed by atoms with van der Waals surface area (Å²) in [7, 11) is 0. The third-order valence-corrected chi connectivity index (χ3v) is 6.56. The average Bonchev–Trinajstić information content (AvgIpc) is 3.57. The molecule has 2 aliphatic rings. The normalized spacial score (nSPS) is 20.8. The molecule has 1 saturated heterocycles. The van der Waals surface area contributed by atoms with E-state index in [1.165, 1.54) is 0 Å². The lowest BCUT2D eigenvalue weighted by atomic mass is 9.84. The van der Waals surface area contributed by atoms with Gasteiger partial charge in [-0.2, -0.15) is 0 Å². The largest absolute Gasteiger partial charge is 0.344 e. The second-order valence-electron chi connectivity index (χ2n) is 11.3. The summed E-state index contributed by atoms with van der Waals surface area (Å²) in [5.74, 6) is 0.540. The predicted octanol–water partition coefficient (Wildman–Crippen LogP) is 3.65. The van der Waals surface area contributed by atoms with Crippen molar-refractivity contribution in [3.63, 3.8) is 0 Å². The van der Waals surface area contributed by atoms with E-state index in [1.54, 1.807) is 0 Å². The molecule has 1 aromatic rings. The molecular weight excluding hydrogens is 414 g/mol. The van der Waals surface area contributed by atoms with Crippen molar-refractivity contribution in [3.05, 3.63) is 35.9 Å². The molecule has 182 valence electrons. The van der Waals surface area contributed by atoms with Crippen molar-refractivity contribution in [2.45, 2.75) is 78.8 Å². The molecule has 6 nitrogen and oxygen atoms in total. The van der Waals surface area contributed by atoms with Crippen molar-refractivity contribution in [1.82, 2.24) is 15.1 Å². The number of nitrogens with zero attached hydrogens (tertiary/aromatic N) is 2. The van der Waals surface area contributed by atoms with Gasteiger partial charge in [0.15, 0.2) is 0 Å². The lowest BCUT2D eigenvalue weighted by Crippen LogP contribution is -2.59. The van der Waals surface area contributed by atoms with E-state index in [-0.39, 0.29) is 41.0 Å². The Kier molecular flexibility index (Phi) is 8.19. The van der Waals surface area contributed by atoms with Gasteiger partial charge < -0.3 is 15.1 Å². The van der Waals surface area contributed by atoms with Gasteiger partial charge in [-0.15, -0.1) is 0 Å². The van der Waals surface area contributed by atoms with Crippen LogP contribution in [0.3, 0.4) is 0 Å². The van der Waals surface area contributed by atoms with Gasteiger partial charge in [0.2, 0.25) is 17.7 Å². The van der Waals surface area contributed by atoms with Crippen LogP contribution in [-0.2, 0) is 20.8 Å². The second kappa shape index (κ2) is 10.7. The summed E-state index contributed by atoms with van der Waals surface area (Å²) >= 11 is 0. The fourth-order valence-corrected chi connectivity index (χ4v) is 5.01. The number of nitrogens with one attached hydrogen (secondary N) is 1. The Morgan fingerprint density at radius 2 is 1.76 bits per heavy atom. The summed E-state index contributed by atoms with van der Waals surface area (Å²) in [5, 5.41) is 3.05. The quantitative estimate of drug-likeness (QED) is 0.651. The van der Waals surface area contributed by atoms with Crippen molar-refractivity contribution in [2.24, 2.45) is 17.3 Å². The summed E-state index contributed by atoms with van der Waals surface area (Å²) in [5.41, 5.74) is 1.18. The number of benzene rings is 1. The number of piperazine rings is 1. The molecule has 3 atom stereocenters. The molecule has 1 heterocycles. The van der Waals surface area contributed by atoms with E-state index in [1.807, 2.05) is 47.1 Å². The van der Waals surface area contributed by atoms with Crippen molar-refractivity contribution in [3.8, 4) is 0 Å². The highest BCUT2D eigenvalue weighted by atomic mass is 16.2. The fourth-order valence-electron chi connectivity index (χ4n) is 5.01. The fraction of sp³-hybridized carbons (Fsp3) is 0.667. The highest BCUT2D eigenvalue weighted by Crippen LogP contribution is 2.32. The van der Waals surface area contributed by atoms with Gasteiger partial charge >= 0.3 is 0 Å². The van der Waals surface area contributed by atoms with Crippen LogP contribution in [0.4, 0.5) is 0 Å². The van der Waals surface area contributed by atoms with Crippen LogP contribution in [0.25, 0.3) is 0 Å². The first kappa shape index (κ1) is 25.3. The zero-order valence-corrected chi connectivity index (χ0v) is 21.0. The van der Waals surface area contributed by atoms with Gasteiger partial charge in [0, 0.05) is 44.4 Å². The van der Waals surface area contributed by atoms with Crippen LogP contribution >= 0.6 is 0 Å². The van der Waals surface area contributed by atoms with E-state index in [4.69, 9.17) is 0 Å². The van der Waals surface area contributed by atoms with Crippen molar-refractivity contribution in [2.75, 3.05) is 19.6 Å². The maximum atomic E-state index is 13.5. The molecule has 3 rings (SSSR count). The molecule has 6 heteroatoms. The lowest BCUT2D eigenvalue weighted by molar-refractivity contribution is -0.145. The van der Waals surface area contributed by atoms with Crippen LogP contribution in [0, 0.1) is 17.3 Å². The zero-order chi connectivity index (χ0) is 24.2. The molecular formula is C27H41N3O3. The third-order valence-electron chi connectivity index (χ3n) is 6.56. The lowest BCUT2D eigenvalue weighted by Gasteiger charge is -2.41. The summed E-state index contributed by atoms with van der Waals surface area (Å²) in [4.78, 5) is 42.7. The Hall–Kier alpha value is -2.37. The Morgan fingerprint density at radius 3 is 2.33 bits per heavy atom. The smallest absolute Gasteiger partial charge is 0.245 e. The average molecular weight is 456 g/mol. The maximum absolute atomic E-state index is 13.5. The standard InChI is InChI=1S/C27H41N3O3/c1-19(17-27(3,4)5)15-24(31)28-23(16-21-9-7-6-8-10-21)26(33)29-13-14-30(20(2)18-29)25(32)22-11-12-22/h6-10,19-20,22-23H,11-18H2,1-5H3,(H,28,31). The van der Waals surface area contributed by atoms with Crippen LogP contribution in [0.5, 0.6) is 0 Å². The minimum Gasteiger partial charge on any atom is -0.344 e. The molecule has 0 spiro atoms. The van der Waals surface area contributed by atoms with Crippen molar-refractivity contribution in [1.29, 1.82) is 0 Å². The van der Waals surface area contributed by atoms with Gasteiger partial charge in [0.05, 0.1) is 0 Å². The summed E-state index contributed by atoms with van der Waals surface area (Å²) in [6.45, 7) is 12.2. The van der Waals surface area contributed by atoms with E-state index in [0.29, 0.717) is 32.5 Å². The predicted molar refractivity (Wildman–Crippen MR) is 130 cm³/mol. The van der Waals surface area contributed by atoms with Crippen LogP contribution in [0.1, 0.15) is 65.9 Å². The molecule has 0 aromatic heterocycles. The van der Waals surface area contributed by atoms with Gasteiger partial charge in [-0.25, -0.2) is 0 Å². The van der Waals surface area contributed by atoms with Crippen LogP contribution in [0.2, 0.25) is 0 Å². The molecule has 3 unspecified atom stereocenters. The van der Waals surface area contributed by atoms with Crippen LogP contribution in [-0.4, -0.2) is 59.2 Å². The van der Waals surface area contributed by atoms with Gasteiger partial charge in [-0.3, -0.25) is 14.4 Å². The molecule has 33 heavy (non-hydrogen) atoms. The molecule has 0 bridgehead atoms. The first-order valence-corrected chi connectivity index (χ1v) is 12.5. The Balaban J connectivity index is 1.65. The molecule has 1 aromatic carbocycles. The first-order chi connectivity index (χ1) is 15.5. The van der Waals surface area contributed by atoms with Gasteiger partial charge in [-0.05, 0) is 43.1 Å². The Morgan fingerprint density at radius 1 is 1.09 bits per heavy atom. The number of rotatable bonds is 8. The van der Waals surface area contributed by atoms with Crippen molar-refractivity contribution >= 4 is 17.7 Å². The monoisotopic (exact) mass is 455 g/mol. The molecule has 1 aliphatic heterocycles. The molecule has 0 radical (unpaired) electrons. The van der Waals surface area contributed by atoms with E-state index in [9.17, 15) is 14.4 Å². The van der Waals surface area contributed by atoms with Gasteiger partial charge in [0.1, 0.15) is 6.04 Å². The SMILES string of the molecule is CC(CC(=O)NC(Cc1ccccc1)C(=O)N1CCN(C(=O)C2CC2)C(C)C1)CC(C)(C)C. The molecule has 1 N–H and O–H groups in total. The van der Waals surface area contributed by atoms with E-state index in [2.05, 4.69) is 33.0 Å². The summed E-state index contributed by atoms with van der Waals surface area (Å²) in [6, 6.07) is 9.23. The van der Waals surface area contributed by atoms with Gasteiger partial charge in [0.25, 0.3) is 0 Å². The third kappa shape index (κ3) is 7.58. The summed E-state index contributed by atoms with van der Waals surface area (Å²) < 4.78 is 0. The first-order valence-electron chi connectivity index (χ1n) is 12.5. The minimum absolute atomic E-state index is 0.00400. The van der Waals surface area contributed by atoms with Crippen LogP contribution < -0.4 is 5.32 Å². The van der Waals surface area contributed by atoms with Crippen LogP contribution in [0.15, 0.2) is 30.3 Å². The number of carbonyl (C=O) groups is 3. The minimum atomic E-state index is -0.598. The number of carbonyl (C=O) groups excluding carboxylic acids is 3.